The molecule has 0 aliphatic carbocycles. The van der Waals surface area contributed by atoms with E-state index in [4.69, 9.17) is 9.97 Å². The van der Waals surface area contributed by atoms with Gasteiger partial charge in [0.25, 0.3) is 0 Å². The van der Waals surface area contributed by atoms with Crippen LogP contribution in [-0.4, -0.2) is 15.5 Å². The molecule has 0 radical (unpaired) electrons. The van der Waals surface area contributed by atoms with Gasteiger partial charge >= 0.3 is 0 Å². The molecule has 166 valence electrons. The molecule has 0 N–H and O–H groups in total. The molecule has 0 bridgehead atoms. The molecule has 34 heavy (non-hydrogen) atoms. The highest BCUT2D eigenvalue weighted by Gasteiger charge is 2.46. The van der Waals surface area contributed by atoms with E-state index in [0.29, 0.717) is 0 Å². The van der Waals surface area contributed by atoms with E-state index in [2.05, 4.69) is 109 Å². The minimum atomic E-state index is -1.89. The van der Waals surface area contributed by atoms with Crippen LogP contribution in [0.25, 0.3) is 20.4 Å². The smallest absolute Gasteiger partial charge is 0.191 e. The quantitative estimate of drug-likeness (QED) is 0.153. The summed E-state index contributed by atoms with van der Waals surface area (Å²) in [7, 11) is 0. The van der Waals surface area contributed by atoms with Crippen molar-refractivity contribution < 1.29 is 0 Å². The molecule has 2 aromatic heterocycles. The van der Waals surface area contributed by atoms with Crippen LogP contribution in [0.2, 0.25) is 0 Å². The second kappa shape index (κ2) is 9.80. The minimum Gasteiger partial charge on any atom is -0.230 e. The lowest BCUT2D eigenvalue weighted by Crippen LogP contribution is -2.21. The number of benzene rings is 4. The summed E-state index contributed by atoms with van der Waals surface area (Å²) < 4.78 is 4.74. The lowest BCUT2D eigenvalue weighted by Gasteiger charge is -2.24. The van der Waals surface area contributed by atoms with Crippen molar-refractivity contribution in [2.75, 3.05) is 5.49 Å². The van der Waals surface area contributed by atoms with E-state index < -0.39 is 6.46 Å². The molecule has 0 atom stereocenters. The highest BCUT2D eigenvalue weighted by Crippen LogP contribution is 2.72. The van der Waals surface area contributed by atoms with Crippen LogP contribution in [0.3, 0.4) is 0 Å². The van der Waals surface area contributed by atoms with Crippen LogP contribution in [0, 0.1) is 0 Å². The zero-order valence-corrected chi connectivity index (χ0v) is 22.2. The average Bonchev–Trinajstić information content (AvgIpc) is 3.50. The first-order chi connectivity index (χ1) is 16.8. The van der Waals surface area contributed by atoms with Crippen LogP contribution in [0.4, 0.5) is 0 Å². The Labute approximate surface area is 215 Å². The maximum atomic E-state index is 5.03. The number of thiazole rings is 2. The molecule has 2 heterocycles. The summed E-state index contributed by atoms with van der Waals surface area (Å²) in [6, 6.07) is 38.9. The van der Waals surface area contributed by atoms with E-state index in [1.54, 1.807) is 22.7 Å². The Bertz CT molecular complexity index is 1440. The second-order valence-corrected chi connectivity index (χ2v) is 17.5. The van der Waals surface area contributed by atoms with Gasteiger partial charge in [-0.25, -0.2) is 9.97 Å². The van der Waals surface area contributed by atoms with Crippen molar-refractivity contribution in [1.82, 2.24) is 9.97 Å². The van der Waals surface area contributed by atoms with Gasteiger partial charge in [-0.3, -0.25) is 0 Å². The fraction of sp³-hybridized carbons (Fsp3) is 0.0370. The average molecular weight is 532 g/mol. The summed E-state index contributed by atoms with van der Waals surface area (Å²) in [6.45, 7) is -1.89. The van der Waals surface area contributed by atoms with Crippen LogP contribution in [0.1, 0.15) is 0 Å². The summed E-state index contributed by atoms with van der Waals surface area (Å²) in [4.78, 5) is 9.95. The third-order valence-corrected chi connectivity index (χ3v) is 17.4. The van der Waals surface area contributed by atoms with Crippen molar-refractivity contribution in [3.05, 3.63) is 109 Å². The molecule has 6 aromatic rings. The first kappa shape index (κ1) is 22.3. The van der Waals surface area contributed by atoms with Gasteiger partial charge in [0.1, 0.15) is 16.1 Å². The Balaban J connectivity index is 1.46. The molecule has 0 spiro atoms. The van der Waals surface area contributed by atoms with Crippen molar-refractivity contribution in [2.24, 2.45) is 0 Å². The van der Waals surface area contributed by atoms with Crippen molar-refractivity contribution in [3.63, 3.8) is 0 Å². The van der Waals surface area contributed by atoms with Gasteiger partial charge in [0.15, 0.2) is 15.1 Å². The van der Waals surface area contributed by atoms with Crippen LogP contribution in [0.5, 0.6) is 0 Å². The summed E-state index contributed by atoms with van der Waals surface area (Å²) in [6.07, 6.45) is 0. The Morgan fingerprint density at radius 3 is 1.59 bits per heavy atom. The van der Waals surface area contributed by atoms with Gasteiger partial charge in [-0.1, -0.05) is 72.4 Å². The van der Waals surface area contributed by atoms with E-state index in [0.717, 1.165) is 25.2 Å². The van der Waals surface area contributed by atoms with Crippen LogP contribution >= 0.6 is 52.3 Å². The number of hydrogen-bond acceptors (Lipinski definition) is 6. The third-order valence-electron chi connectivity index (χ3n) is 5.50. The molecule has 0 aliphatic heterocycles. The van der Waals surface area contributed by atoms with E-state index in [-0.39, 0.29) is 0 Å². The highest BCUT2D eigenvalue weighted by atomic mass is 32.7. The van der Waals surface area contributed by atoms with E-state index in [9.17, 15) is 0 Å². The topological polar surface area (TPSA) is 25.8 Å². The lowest BCUT2D eigenvalue weighted by molar-refractivity contribution is 1.31. The van der Waals surface area contributed by atoms with E-state index in [1.807, 2.05) is 23.1 Å². The largest absolute Gasteiger partial charge is 0.230 e. The van der Waals surface area contributed by atoms with Crippen molar-refractivity contribution in [3.8, 4) is 0 Å². The van der Waals surface area contributed by atoms with Crippen molar-refractivity contribution in [1.29, 1.82) is 0 Å². The summed E-state index contributed by atoms with van der Waals surface area (Å²) in [5.74, 6) is 0. The summed E-state index contributed by atoms with van der Waals surface area (Å²) in [5, 5.41) is 2.78. The Kier molecular flexibility index (Phi) is 6.42. The molecule has 4 aromatic carbocycles. The highest BCUT2D eigenvalue weighted by molar-refractivity contribution is 8.68. The first-order valence-electron chi connectivity index (χ1n) is 10.8. The van der Waals surface area contributed by atoms with Crippen LogP contribution in [0.15, 0.2) is 118 Å². The molecule has 7 heteroatoms. The molecule has 0 amide bonds. The van der Waals surface area contributed by atoms with Gasteiger partial charge in [-0.05, 0) is 48.5 Å². The van der Waals surface area contributed by atoms with Gasteiger partial charge in [-0.15, -0.1) is 22.7 Å². The molecule has 0 unspecified atom stereocenters. The monoisotopic (exact) mass is 531 g/mol. The second-order valence-electron chi connectivity index (χ2n) is 7.67. The van der Waals surface area contributed by atoms with Gasteiger partial charge < -0.3 is 0 Å². The maximum Gasteiger partial charge on any atom is 0.191 e. The number of aromatic nitrogens is 2. The van der Waals surface area contributed by atoms with Gasteiger partial charge in [0, 0.05) is 0 Å². The fourth-order valence-electron chi connectivity index (χ4n) is 3.85. The molecule has 0 saturated carbocycles. The zero-order chi connectivity index (χ0) is 22.8. The maximum absolute atomic E-state index is 5.03. The molecule has 6 rings (SSSR count). The minimum absolute atomic E-state index is 0.960. The van der Waals surface area contributed by atoms with E-state index >= 15 is 0 Å². The number of fused-ring (bicyclic) bond motifs is 2. The van der Waals surface area contributed by atoms with Crippen molar-refractivity contribution in [2.45, 2.75) is 8.68 Å². The Morgan fingerprint density at radius 2 is 1.03 bits per heavy atom. The number of para-hydroxylation sites is 2. The van der Waals surface area contributed by atoms with Gasteiger partial charge in [0.2, 0.25) is 0 Å². The zero-order valence-electron chi connectivity index (χ0n) is 18.1. The fourth-order valence-corrected chi connectivity index (χ4v) is 16.3. The number of rotatable bonds is 7. The first-order valence-corrected chi connectivity index (χ1v) is 16.8. The van der Waals surface area contributed by atoms with Crippen LogP contribution < -0.4 is 10.6 Å². The number of nitrogens with zero attached hydrogens (tertiary/aromatic N) is 2. The normalized spacial score (nSPS) is 11.9. The molecular weight excluding hydrogens is 512 g/mol. The molecule has 2 nitrogen and oxygen atoms in total. The van der Waals surface area contributed by atoms with Gasteiger partial charge in [-0.2, -0.15) is 0 Å². The Hall–Kier alpha value is -2.21. The molecular formula is C27H20N2PS4+. The predicted molar refractivity (Wildman–Crippen MR) is 155 cm³/mol. The number of hydrogen-bond donors (Lipinski definition) is 0. The standard InChI is InChI=1S/C27H20N2PS4/c1-3-11-20(12-4-1)30(21-13-5-2-6-14-21,34-27-29-23-16-8-10-18-25(23)33-27)19-31-26-28-22-15-7-9-17-24(22)32-26/h1-18H,19H2/q+1. The molecule has 0 saturated heterocycles. The predicted octanol–water partition coefficient (Wildman–Crippen LogP) is 8.33. The number of thioether (sulfide) groups is 1. The summed E-state index contributed by atoms with van der Waals surface area (Å²) >= 11 is 7.43. The third kappa shape index (κ3) is 4.41. The van der Waals surface area contributed by atoms with Crippen molar-refractivity contribution >= 4 is 83.3 Å². The summed E-state index contributed by atoms with van der Waals surface area (Å²) in [5.41, 5.74) is 3.12. The molecule has 0 fully saturated rings. The van der Waals surface area contributed by atoms with E-state index in [1.165, 1.54) is 20.0 Å². The molecule has 0 aliphatic rings. The van der Waals surface area contributed by atoms with Crippen LogP contribution in [-0.2, 0) is 0 Å². The van der Waals surface area contributed by atoms with Gasteiger partial charge in [0.05, 0.1) is 31.8 Å². The lowest BCUT2D eigenvalue weighted by atomic mass is 10.3. The SMILES string of the molecule is c1ccc([P+](CSc2nc3ccccc3s2)(Sc2nc3ccccc3s2)c2ccccc2)cc1. The Morgan fingerprint density at radius 1 is 0.559 bits per heavy atom.